The molecule has 0 amide bonds. The minimum Gasteiger partial charge on any atom is -0.462 e. The number of hydrogen-bond acceptors (Lipinski definition) is 15. The average Bonchev–Trinajstić information content (AvgIpc) is 2.42. The van der Waals surface area contributed by atoms with Crippen molar-refractivity contribution in [2.24, 2.45) is 17.8 Å². The summed E-state index contributed by atoms with van der Waals surface area (Å²) in [6, 6.07) is 0. The van der Waals surface area contributed by atoms with E-state index < -0.39 is 97.5 Å². The minimum atomic E-state index is -4.96. The molecule has 3 unspecified atom stereocenters. The lowest BCUT2D eigenvalue weighted by molar-refractivity contribution is -0.161. The van der Waals surface area contributed by atoms with Crippen molar-refractivity contribution in [2.75, 3.05) is 39.6 Å². The van der Waals surface area contributed by atoms with Crippen LogP contribution in [0.1, 0.15) is 395 Å². The number of carbonyl (C=O) groups excluding carboxylic acids is 4. The number of phosphoric ester groups is 2. The molecule has 6 atom stereocenters. The largest absolute Gasteiger partial charge is 0.472 e. The van der Waals surface area contributed by atoms with E-state index in [-0.39, 0.29) is 25.7 Å². The van der Waals surface area contributed by atoms with Crippen LogP contribution >= 0.6 is 15.6 Å². The Morgan fingerprint density at radius 2 is 0.531 bits per heavy atom. The number of ether oxygens (including phenoxy) is 4. The van der Waals surface area contributed by atoms with Crippen LogP contribution in [0.4, 0.5) is 0 Å². The molecule has 3 N–H and O–H groups in total. The Kier molecular flexibility index (Phi) is 66.2. The second kappa shape index (κ2) is 67.5. The predicted molar refractivity (Wildman–Crippen MR) is 391 cm³/mol. The highest BCUT2D eigenvalue weighted by molar-refractivity contribution is 7.47. The number of aliphatic hydroxyl groups excluding tert-OH is 1. The third-order valence-electron chi connectivity index (χ3n) is 18.2. The fourth-order valence-electron chi connectivity index (χ4n) is 11.7. The molecule has 0 rings (SSSR count). The first-order chi connectivity index (χ1) is 46.3. The molecule has 0 radical (unpaired) electrons. The van der Waals surface area contributed by atoms with E-state index in [9.17, 15) is 43.2 Å². The molecule has 96 heavy (non-hydrogen) atoms. The fraction of sp³-hybridized carbons (Fsp3) is 0.948. The number of hydrogen-bond donors (Lipinski definition) is 3. The SMILES string of the molecule is CCCCCCCCCCCCCCCC(=O)O[C@H](COC(=O)CCCCCCCCCCCC(C)C)COP(=O)(O)OC[C@H](O)COP(=O)(O)OC[C@@H](COC(=O)CCCCCCCCCCCCC(C)CC)OC(=O)CCCCCCCCCCCCCCCCC(C)C. The normalized spacial score (nSPS) is 14.3. The summed E-state index contributed by atoms with van der Waals surface area (Å²) in [5.74, 6) is 0.234. The maximum atomic E-state index is 13.1. The van der Waals surface area contributed by atoms with E-state index in [0.717, 1.165) is 108 Å². The molecule has 0 bridgehead atoms. The Bertz CT molecular complexity index is 1870. The second-order valence-corrected chi connectivity index (χ2v) is 31.8. The molecule has 17 nitrogen and oxygen atoms in total. The van der Waals surface area contributed by atoms with Crippen LogP contribution in [0.15, 0.2) is 0 Å². The van der Waals surface area contributed by atoms with Crippen molar-refractivity contribution in [3.05, 3.63) is 0 Å². The van der Waals surface area contributed by atoms with Crippen LogP contribution in [0, 0.1) is 17.8 Å². The summed E-state index contributed by atoms with van der Waals surface area (Å²) in [6.07, 6.45) is 53.9. The first-order valence-corrected chi connectivity index (χ1v) is 42.9. The van der Waals surface area contributed by atoms with Gasteiger partial charge in [0.1, 0.15) is 19.3 Å². The highest BCUT2D eigenvalue weighted by Gasteiger charge is 2.30. The van der Waals surface area contributed by atoms with Gasteiger partial charge in [-0.2, -0.15) is 0 Å². The number of esters is 4. The first kappa shape index (κ1) is 94.1. The maximum Gasteiger partial charge on any atom is 0.472 e. The van der Waals surface area contributed by atoms with Gasteiger partial charge in [-0.05, 0) is 43.4 Å². The summed E-state index contributed by atoms with van der Waals surface area (Å²) in [5.41, 5.74) is 0. The zero-order valence-corrected chi connectivity index (χ0v) is 64.6. The monoisotopic (exact) mass is 1410 g/mol. The standard InChI is InChI=1S/C77H150O17P2/c1-8-10-11-12-13-14-15-18-22-31-39-46-53-60-76(81)94-73(65-88-75(80)59-52-45-38-33-26-28-35-42-49-56-69(5)6)67-92-96(85,86)90-63-71(78)62-89-95(83,84)91-66-72(64-87-74(79)58-51-44-37-30-25-24-29-36-43-50-57-70(7)9-2)93-77(82)61-54-47-40-32-23-20-17-16-19-21-27-34-41-48-55-68(3)4/h68-73,78H,8-67H2,1-7H3,(H,83,84)(H,85,86)/t70?,71-,72-,73-/m1/s1. The van der Waals surface area contributed by atoms with Gasteiger partial charge in [-0.15, -0.1) is 0 Å². The number of unbranched alkanes of at least 4 members (excludes halogenated alkanes) is 42. The Labute approximate surface area is 588 Å². The van der Waals surface area contributed by atoms with E-state index in [4.69, 9.17) is 37.0 Å². The Morgan fingerprint density at radius 3 is 0.792 bits per heavy atom. The fourth-order valence-corrected chi connectivity index (χ4v) is 13.3. The van der Waals surface area contributed by atoms with E-state index in [1.807, 2.05) is 0 Å². The molecule has 0 fully saturated rings. The lowest BCUT2D eigenvalue weighted by Crippen LogP contribution is -2.30. The van der Waals surface area contributed by atoms with Gasteiger partial charge in [0.15, 0.2) is 12.2 Å². The smallest absolute Gasteiger partial charge is 0.462 e. The van der Waals surface area contributed by atoms with Gasteiger partial charge in [-0.3, -0.25) is 37.3 Å². The van der Waals surface area contributed by atoms with Crippen LogP contribution in [0.5, 0.6) is 0 Å². The Hall–Kier alpha value is -1.94. The van der Waals surface area contributed by atoms with Crippen molar-refractivity contribution in [2.45, 2.75) is 414 Å². The lowest BCUT2D eigenvalue weighted by Gasteiger charge is -2.21. The summed E-state index contributed by atoms with van der Waals surface area (Å²) in [6.45, 7) is 11.9. The lowest BCUT2D eigenvalue weighted by atomic mass is 9.99. The highest BCUT2D eigenvalue weighted by Crippen LogP contribution is 2.45. The second-order valence-electron chi connectivity index (χ2n) is 28.9. The molecule has 0 aromatic rings. The number of carbonyl (C=O) groups is 4. The topological polar surface area (TPSA) is 237 Å². The summed E-state index contributed by atoms with van der Waals surface area (Å²) < 4.78 is 68.6. The van der Waals surface area contributed by atoms with Crippen LogP contribution in [-0.2, 0) is 65.4 Å². The van der Waals surface area contributed by atoms with Crippen molar-refractivity contribution in [1.82, 2.24) is 0 Å². The Morgan fingerprint density at radius 1 is 0.302 bits per heavy atom. The van der Waals surface area contributed by atoms with Crippen molar-refractivity contribution in [3.63, 3.8) is 0 Å². The summed E-state index contributed by atoms with van der Waals surface area (Å²) in [4.78, 5) is 72.9. The van der Waals surface area contributed by atoms with Crippen molar-refractivity contribution in [3.8, 4) is 0 Å². The molecular formula is C77H150O17P2. The van der Waals surface area contributed by atoms with Gasteiger partial charge in [0.05, 0.1) is 26.4 Å². The molecule has 0 aromatic heterocycles. The molecule has 0 aliphatic heterocycles. The number of aliphatic hydroxyl groups is 1. The molecule has 570 valence electrons. The van der Waals surface area contributed by atoms with E-state index in [0.29, 0.717) is 25.7 Å². The maximum absolute atomic E-state index is 13.1. The molecular weight excluding hydrogens is 1260 g/mol. The van der Waals surface area contributed by atoms with E-state index in [1.54, 1.807) is 0 Å². The van der Waals surface area contributed by atoms with Gasteiger partial charge in [0, 0.05) is 25.7 Å². The number of phosphoric acid groups is 2. The molecule has 19 heteroatoms. The average molecular weight is 1410 g/mol. The number of rotatable bonds is 75. The Balaban J connectivity index is 5.27. The molecule has 0 saturated heterocycles. The minimum absolute atomic E-state index is 0.107. The molecule has 0 saturated carbocycles. The third kappa shape index (κ3) is 69.2. The molecule has 0 spiro atoms. The molecule has 0 heterocycles. The van der Waals surface area contributed by atoms with Crippen LogP contribution in [0.25, 0.3) is 0 Å². The van der Waals surface area contributed by atoms with Gasteiger partial charge in [-0.25, -0.2) is 9.13 Å². The highest BCUT2D eigenvalue weighted by atomic mass is 31.2. The molecule has 0 aliphatic rings. The quantitative estimate of drug-likeness (QED) is 0.0222. The van der Waals surface area contributed by atoms with Crippen molar-refractivity contribution >= 4 is 39.5 Å². The van der Waals surface area contributed by atoms with Crippen LogP contribution in [-0.4, -0.2) is 96.7 Å². The van der Waals surface area contributed by atoms with Gasteiger partial charge < -0.3 is 33.8 Å². The van der Waals surface area contributed by atoms with Crippen LogP contribution in [0.2, 0.25) is 0 Å². The van der Waals surface area contributed by atoms with E-state index >= 15 is 0 Å². The van der Waals surface area contributed by atoms with Gasteiger partial charge >= 0.3 is 39.5 Å². The first-order valence-electron chi connectivity index (χ1n) is 39.9. The van der Waals surface area contributed by atoms with Gasteiger partial charge in [0.2, 0.25) is 0 Å². The summed E-state index contributed by atoms with van der Waals surface area (Å²) in [5, 5.41) is 10.6. The third-order valence-corrected chi connectivity index (χ3v) is 20.1. The zero-order valence-electron chi connectivity index (χ0n) is 62.8. The van der Waals surface area contributed by atoms with Crippen molar-refractivity contribution in [1.29, 1.82) is 0 Å². The van der Waals surface area contributed by atoms with E-state index in [1.165, 1.54) is 205 Å². The molecule has 0 aromatic carbocycles. The summed E-state index contributed by atoms with van der Waals surface area (Å²) >= 11 is 0. The van der Waals surface area contributed by atoms with Gasteiger partial charge in [0.25, 0.3) is 0 Å². The van der Waals surface area contributed by atoms with Crippen LogP contribution < -0.4 is 0 Å². The predicted octanol–water partition coefficient (Wildman–Crippen LogP) is 22.6. The molecule has 0 aliphatic carbocycles. The van der Waals surface area contributed by atoms with E-state index in [2.05, 4.69) is 48.5 Å². The van der Waals surface area contributed by atoms with Crippen molar-refractivity contribution < 1.29 is 80.2 Å². The van der Waals surface area contributed by atoms with Crippen LogP contribution in [0.3, 0.4) is 0 Å². The zero-order chi connectivity index (χ0) is 70.9. The van der Waals surface area contributed by atoms with Gasteiger partial charge in [-0.1, -0.05) is 344 Å². The summed E-state index contributed by atoms with van der Waals surface area (Å²) in [7, 11) is -9.91.